The number of nitrogens with one attached hydrogen (secondary N) is 1. The number of hydrogen-bond acceptors (Lipinski definition) is 2. The van der Waals surface area contributed by atoms with E-state index in [0.29, 0.717) is 17.8 Å². The number of benzene rings is 1. The first-order chi connectivity index (χ1) is 7.20. The summed E-state index contributed by atoms with van der Waals surface area (Å²) in [4.78, 5) is 14.4. The van der Waals surface area contributed by atoms with E-state index in [1.165, 1.54) is 0 Å². The molecule has 0 saturated carbocycles. The fourth-order valence-electron chi connectivity index (χ4n) is 1.47. The molecule has 0 aliphatic heterocycles. The van der Waals surface area contributed by atoms with Crippen LogP contribution in [0, 0.1) is 0 Å². The van der Waals surface area contributed by atoms with Gasteiger partial charge in [0.2, 0.25) is 0 Å². The lowest BCUT2D eigenvalue weighted by Gasteiger charge is -1.96. The highest BCUT2D eigenvalue weighted by Gasteiger charge is 2.09. The van der Waals surface area contributed by atoms with Crippen LogP contribution in [-0.4, -0.2) is 25.4 Å². The van der Waals surface area contributed by atoms with Crippen LogP contribution in [0.4, 0.5) is 0 Å². The molecule has 1 aromatic carbocycles. The fourth-order valence-corrected chi connectivity index (χ4v) is 1.47. The largest absolute Gasteiger partial charge is 0.461 e. The van der Waals surface area contributed by atoms with Crippen molar-refractivity contribution >= 4 is 30.2 Å². The number of carbonyl (C=O) groups is 1. The second-order valence-corrected chi connectivity index (χ2v) is 3.25. The van der Waals surface area contributed by atoms with Gasteiger partial charge in [-0.25, -0.2) is 4.79 Å². The van der Waals surface area contributed by atoms with Crippen molar-refractivity contribution in [2.75, 3.05) is 6.61 Å². The van der Waals surface area contributed by atoms with Crippen LogP contribution >= 0.6 is 0 Å². The Kier molecular flexibility index (Phi) is 2.50. The predicted octanol–water partition coefficient (Wildman–Crippen LogP) is 1.38. The van der Waals surface area contributed by atoms with E-state index in [-0.39, 0.29) is 7.40 Å². The Morgan fingerprint density at radius 1 is 1.53 bits per heavy atom. The number of esters is 1. The molecule has 0 amide bonds. The maximum atomic E-state index is 11.4. The zero-order chi connectivity index (χ0) is 10.8. The van der Waals surface area contributed by atoms with E-state index in [0.717, 1.165) is 10.9 Å². The van der Waals surface area contributed by atoms with E-state index >= 15 is 0 Å². The summed E-state index contributed by atoms with van der Waals surface area (Å²) in [5.41, 5.74) is 2.02. The van der Waals surface area contributed by atoms with E-state index in [1.54, 1.807) is 19.1 Å². The molecular weight excluding hydrogens is 189 g/mol. The van der Waals surface area contributed by atoms with Gasteiger partial charge >= 0.3 is 5.97 Å². The van der Waals surface area contributed by atoms with Gasteiger partial charge in [-0.3, -0.25) is 0 Å². The number of carbonyl (C=O) groups excluding carboxylic acids is 1. The predicted molar refractivity (Wildman–Crippen MR) is 61.8 cm³/mol. The molecule has 1 heterocycles. The van der Waals surface area contributed by atoms with Gasteiger partial charge in [-0.2, -0.15) is 0 Å². The van der Waals surface area contributed by atoms with Gasteiger partial charge in [-0.15, -0.1) is 0 Å². The molecule has 0 saturated heterocycles. The molecular formula is C11H12BNO2. The van der Waals surface area contributed by atoms with Gasteiger partial charge in [-0.05, 0) is 24.4 Å². The molecule has 1 aromatic heterocycles. The lowest BCUT2D eigenvalue weighted by molar-refractivity contribution is 0.0520. The van der Waals surface area contributed by atoms with E-state index in [4.69, 9.17) is 12.6 Å². The SMILES string of the molecule is [B]c1ccc2[nH]c(C(=O)OCC)cc2c1.[HH]. The van der Waals surface area contributed by atoms with E-state index < -0.39 is 0 Å². The summed E-state index contributed by atoms with van der Waals surface area (Å²) in [5.74, 6) is -0.340. The van der Waals surface area contributed by atoms with Crippen LogP contribution in [0.1, 0.15) is 18.8 Å². The summed E-state index contributed by atoms with van der Waals surface area (Å²) in [6, 6.07) is 7.18. The average Bonchev–Trinajstić information content (AvgIpc) is 2.60. The van der Waals surface area contributed by atoms with Gasteiger partial charge in [0.25, 0.3) is 0 Å². The molecule has 3 nitrogen and oxygen atoms in total. The normalized spacial score (nSPS) is 10.5. The minimum atomic E-state index is -0.340. The third kappa shape index (κ3) is 1.88. The molecule has 76 valence electrons. The summed E-state index contributed by atoms with van der Waals surface area (Å²) in [6.07, 6.45) is 0. The zero-order valence-electron chi connectivity index (χ0n) is 8.41. The van der Waals surface area contributed by atoms with Crippen LogP contribution in [0.15, 0.2) is 24.3 Å². The van der Waals surface area contributed by atoms with Crippen LogP contribution < -0.4 is 5.46 Å². The number of rotatable bonds is 2. The minimum absolute atomic E-state index is 0. The van der Waals surface area contributed by atoms with E-state index in [1.807, 2.05) is 12.1 Å². The molecule has 15 heavy (non-hydrogen) atoms. The Balaban J connectivity index is 0.00000128. The maximum Gasteiger partial charge on any atom is 0.354 e. The van der Waals surface area contributed by atoms with Crippen molar-refractivity contribution in [3.05, 3.63) is 30.0 Å². The molecule has 2 rings (SSSR count). The van der Waals surface area contributed by atoms with Crippen molar-refractivity contribution < 1.29 is 11.0 Å². The van der Waals surface area contributed by atoms with Crippen molar-refractivity contribution in [1.29, 1.82) is 0 Å². The highest BCUT2D eigenvalue weighted by molar-refractivity contribution is 6.33. The summed E-state index contributed by atoms with van der Waals surface area (Å²) in [6.45, 7) is 2.15. The number of aromatic nitrogens is 1. The van der Waals surface area contributed by atoms with Gasteiger partial charge in [0.1, 0.15) is 13.5 Å². The Morgan fingerprint density at radius 3 is 3.07 bits per heavy atom. The summed E-state index contributed by atoms with van der Waals surface area (Å²) < 4.78 is 4.89. The molecule has 2 aromatic rings. The Hall–Kier alpha value is -1.71. The van der Waals surface area contributed by atoms with Crippen LogP contribution in [-0.2, 0) is 4.74 Å². The minimum Gasteiger partial charge on any atom is -0.461 e. The van der Waals surface area contributed by atoms with Crippen molar-refractivity contribution in [1.82, 2.24) is 4.98 Å². The molecule has 4 heteroatoms. The third-order valence-electron chi connectivity index (χ3n) is 2.14. The molecule has 0 aliphatic rings. The van der Waals surface area contributed by atoms with Crippen molar-refractivity contribution in [2.45, 2.75) is 6.92 Å². The Morgan fingerprint density at radius 2 is 2.33 bits per heavy atom. The second kappa shape index (κ2) is 3.81. The zero-order valence-corrected chi connectivity index (χ0v) is 8.41. The number of fused-ring (bicyclic) bond motifs is 1. The molecule has 0 spiro atoms. The van der Waals surface area contributed by atoms with Crippen LogP contribution in [0.25, 0.3) is 10.9 Å². The second-order valence-electron chi connectivity index (χ2n) is 3.25. The van der Waals surface area contributed by atoms with E-state index in [2.05, 4.69) is 4.98 Å². The average molecular weight is 201 g/mol. The first-order valence-corrected chi connectivity index (χ1v) is 4.76. The van der Waals surface area contributed by atoms with Crippen LogP contribution in [0.3, 0.4) is 0 Å². The highest BCUT2D eigenvalue weighted by atomic mass is 16.5. The molecule has 1 N–H and O–H groups in total. The monoisotopic (exact) mass is 201 g/mol. The van der Waals surface area contributed by atoms with Crippen LogP contribution in [0.5, 0.6) is 0 Å². The lowest BCUT2D eigenvalue weighted by Crippen LogP contribution is -2.04. The quantitative estimate of drug-likeness (QED) is 0.589. The summed E-state index contributed by atoms with van der Waals surface area (Å²) in [7, 11) is 5.64. The smallest absolute Gasteiger partial charge is 0.354 e. The highest BCUT2D eigenvalue weighted by Crippen LogP contribution is 2.14. The standard InChI is InChI=1S/C11H10BNO2.H2/c1-2-15-11(14)10-6-7-5-8(12)3-4-9(7)13-10;/h3-6,13H,2H2,1H3;1H. The van der Waals surface area contributed by atoms with Gasteiger partial charge in [0.05, 0.1) is 6.61 Å². The Labute approximate surface area is 90.3 Å². The topological polar surface area (TPSA) is 42.1 Å². The molecule has 0 aliphatic carbocycles. The number of H-pyrrole nitrogens is 1. The Bertz CT molecular complexity index is 510. The van der Waals surface area contributed by atoms with Gasteiger partial charge < -0.3 is 9.72 Å². The number of aromatic amines is 1. The first kappa shape index (κ1) is 9.83. The van der Waals surface area contributed by atoms with Crippen LogP contribution in [0.2, 0.25) is 0 Å². The molecule has 0 bridgehead atoms. The van der Waals surface area contributed by atoms with Gasteiger partial charge in [0, 0.05) is 6.94 Å². The number of hydrogen-bond donors (Lipinski definition) is 1. The third-order valence-corrected chi connectivity index (χ3v) is 2.14. The maximum absolute atomic E-state index is 11.4. The van der Waals surface area contributed by atoms with Gasteiger partial charge in [-0.1, -0.05) is 17.6 Å². The fraction of sp³-hybridized carbons (Fsp3) is 0.182. The summed E-state index contributed by atoms with van der Waals surface area (Å²) in [5, 5.41) is 0.915. The molecule has 2 radical (unpaired) electrons. The van der Waals surface area contributed by atoms with Crippen molar-refractivity contribution in [3.63, 3.8) is 0 Å². The van der Waals surface area contributed by atoms with E-state index in [9.17, 15) is 4.79 Å². The molecule has 0 atom stereocenters. The number of ether oxygens (including phenoxy) is 1. The van der Waals surface area contributed by atoms with Crippen molar-refractivity contribution in [2.24, 2.45) is 0 Å². The first-order valence-electron chi connectivity index (χ1n) is 4.76. The lowest BCUT2D eigenvalue weighted by atomic mass is 9.95. The molecule has 0 unspecified atom stereocenters. The summed E-state index contributed by atoms with van der Waals surface area (Å²) >= 11 is 0. The van der Waals surface area contributed by atoms with Crippen molar-refractivity contribution in [3.8, 4) is 0 Å². The molecule has 0 fully saturated rings. The van der Waals surface area contributed by atoms with Gasteiger partial charge in [0.15, 0.2) is 0 Å².